The molecule has 0 aromatic carbocycles. The zero-order valence-electron chi connectivity index (χ0n) is 16.1. The molecule has 0 aromatic heterocycles. The summed E-state index contributed by atoms with van der Waals surface area (Å²) in [6, 6.07) is 0.494. The lowest BCUT2D eigenvalue weighted by Crippen LogP contribution is -2.61. The van der Waals surface area contributed by atoms with Gasteiger partial charge in [-0.2, -0.15) is 0 Å². The Morgan fingerprint density at radius 2 is 1.96 bits per heavy atom. The van der Waals surface area contributed by atoms with Crippen LogP contribution in [0.1, 0.15) is 78.6 Å². The first-order valence-electron chi connectivity index (χ1n) is 10.4. The second-order valence-corrected chi connectivity index (χ2v) is 9.78. The highest BCUT2D eigenvalue weighted by atomic mass is 16.2. The SMILES string of the molecule is CCCC1=C[C@@]2(C)CC[C@H]3[C@@H](CC[C@H]4N(C)C(=O)CC[C@]34C)[C@@H]2C1. The van der Waals surface area contributed by atoms with Gasteiger partial charge >= 0.3 is 0 Å². The van der Waals surface area contributed by atoms with Crippen molar-refractivity contribution in [2.24, 2.45) is 28.6 Å². The number of hydrogen-bond donors (Lipinski definition) is 0. The van der Waals surface area contributed by atoms with Gasteiger partial charge in [-0.1, -0.05) is 38.8 Å². The van der Waals surface area contributed by atoms with Gasteiger partial charge in [0.05, 0.1) is 0 Å². The summed E-state index contributed by atoms with van der Waals surface area (Å²) in [6.07, 6.45) is 13.9. The molecule has 0 unspecified atom stereocenters. The Bertz CT molecular complexity index is 566. The molecule has 0 bridgehead atoms. The molecule has 3 aliphatic carbocycles. The van der Waals surface area contributed by atoms with E-state index in [0.29, 0.717) is 22.8 Å². The van der Waals surface area contributed by atoms with Crippen LogP contribution in [0.15, 0.2) is 11.6 Å². The summed E-state index contributed by atoms with van der Waals surface area (Å²) in [5.74, 6) is 2.97. The number of rotatable bonds is 2. The Hall–Kier alpha value is -0.790. The Morgan fingerprint density at radius 3 is 2.71 bits per heavy atom. The highest BCUT2D eigenvalue weighted by Gasteiger charge is 2.58. The third-order valence-electron chi connectivity index (χ3n) is 8.58. The summed E-state index contributed by atoms with van der Waals surface area (Å²) in [7, 11) is 2.06. The fourth-order valence-electron chi connectivity index (χ4n) is 7.37. The highest BCUT2D eigenvalue weighted by molar-refractivity contribution is 5.77. The van der Waals surface area contributed by atoms with Crippen molar-refractivity contribution in [1.29, 1.82) is 0 Å². The molecular formula is C22H35NO. The van der Waals surface area contributed by atoms with Gasteiger partial charge in [0, 0.05) is 19.5 Å². The third-order valence-corrected chi connectivity index (χ3v) is 8.58. The van der Waals surface area contributed by atoms with Crippen molar-refractivity contribution in [3.8, 4) is 0 Å². The van der Waals surface area contributed by atoms with Gasteiger partial charge < -0.3 is 4.90 Å². The Labute approximate surface area is 148 Å². The first kappa shape index (κ1) is 16.7. The smallest absolute Gasteiger partial charge is 0.222 e. The summed E-state index contributed by atoms with van der Waals surface area (Å²) >= 11 is 0. The third kappa shape index (κ3) is 2.24. The maximum Gasteiger partial charge on any atom is 0.222 e. The molecule has 2 nitrogen and oxygen atoms in total. The largest absolute Gasteiger partial charge is 0.342 e. The lowest BCUT2D eigenvalue weighted by atomic mass is 9.47. The molecule has 0 N–H and O–H groups in total. The maximum atomic E-state index is 12.2. The number of piperidine rings is 1. The van der Waals surface area contributed by atoms with Gasteiger partial charge in [-0.25, -0.2) is 0 Å². The van der Waals surface area contributed by atoms with Gasteiger partial charge in [0.1, 0.15) is 0 Å². The van der Waals surface area contributed by atoms with Crippen LogP contribution in [0.4, 0.5) is 0 Å². The lowest BCUT2D eigenvalue weighted by Gasteiger charge is -2.61. The first-order chi connectivity index (χ1) is 11.4. The van der Waals surface area contributed by atoms with Crippen molar-refractivity contribution >= 4 is 5.91 Å². The molecule has 1 saturated heterocycles. The molecule has 6 atom stereocenters. The maximum absolute atomic E-state index is 12.2. The van der Waals surface area contributed by atoms with E-state index in [-0.39, 0.29) is 0 Å². The fourth-order valence-corrected chi connectivity index (χ4v) is 7.37. The summed E-state index contributed by atoms with van der Waals surface area (Å²) in [5, 5.41) is 0. The number of likely N-dealkylation sites (tertiary alicyclic amines) is 1. The molecule has 1 amide bonds. The molecule has 1 heterocycles. The molecule has 0 spiro atoms. The van der Waals surface area contributed by atoms with Gasteiger partial charge in [-0.3, -0.25) is 4.79 Å². The van der Waals surface area contributed by atoms with E-state index in [1.807, 2.05) is 0 Å². The van der Waals surface area contributed by atoms with Crippen LogP contribution in [0.2, 0.25) is 0 Å². The second-order valence-electron chi connectivity index (χ2n) is 9.78. The van der Waals surface area contributed by atoms with Crippen molar-refractivity contribution < 1.29 is 4.79 Å². The zero-order valence-corrected chi connectivity index (χ0v) is 16.1. The fraction of sp³-hybridized carbons (Fsp3) is 0.864. The van der Waals surface area contributed by atoms with Gasteiger partial charge in [-0.05, 0) is 73.5 Å². The van der Waals surface area contributed by atoms with Crippen molar-refractivity contribution in [2.45, 2.75) is 84.6 Å². The van der Waals surface area contributed by atoms with Crippen LogP contribution in [0, 0.1) is 28.6 Å². The summed E-state index contributed by atoms with van der Waals surface area (Å²) in [4.78, 5) is 14.3. The Kier molecular flexibility index (Phi) is 3.89. The first-order valence-corrected chi connectivity index (χ1v) is 10.4. The number of carbonyl (C=O) groups excluding carboxylic acids is 1. The van der Waals surface area contributed by atoms with Crippen molar-refractivity contribution in [2.75, 3.05) is 7.05 Å². The average Bonchev–Trinajstić information content (AvgIpc) is 2.88. The molecule has 4 rings (SSSR count). The molecule has 4 aliphatic rings. The predicted octanol–water partition coefficient (Wildman–Crippen LogP) is 5.19. The average molecular weight is 330 g/mol. The number of nitrogens with zero attached hydrogens (tertiary/aromatic N) is 1. The number of carbonyl (C=O) groups is 1. The van der Waals surface area contributed by atoms with Crippen LogP contribution in [0.5, 0.6) is 0 Å². The van der Waals surface area contributed by atoms with Crippen LogP contribution < -0.4 is 0 Å². The molecule has 0 aromatic rings. The number of allylic oxidation sites excluding steroid dienone is 2. The molecule has 2 saturated carbocycles. The molecule has 134 valence electrons. The van der Waals surface area contributed by atoms with E-state index in [1.54, 1.807) is 5.57 Å². The summed E-state index contributed by atoms with van der Waals surface area (Å²) in [6.45, 7) is 7.38. The second kappa shape index (κ2) is 5.61. The molecule has 2 heteroatoms. The van der Waals surface area contributed by atoms with Gasteiger partial charge in [0.15, 0.2) is 0 Å². The van der Waals surface area contributed by atoms with Gasteiger partial charge in [0.25, 0.3) is 0 Å². The number of hydrogen-bond acceptors (Lipinski definition) is 1. The minimum Gasteiger partial charge on any atom is -0.342 e. The molecular weight excluding hydrogens is 294 g/mol. The Morgan fingerprint density at radius 1 is 1.17 bits per heavy atom. The predicted molar refractivity (Wildman–Crippen MR) is 98.6 cm³/mol. The Balaban J connectivity index is 1.61. The molecule has 0 radical (unpaired) electrons. The van der Waals surface area contributed by atoms with Crippen molar-refractivity contribution in [1.82, 2.24) is 4.90 Å². The summed E-state index contributed by atoms with van der Waals surface area (Å²) in [5.41, 5.74) is 2.57. The van der Waals surface area contributed by atoms with Crippen molar-refractivity contribution in [3.05, 3.63) is 11.6 Å². The van der Waals surface area contributed by atoms with Crippen molar-refractivity contribution in [3.63, 3.8) is 0 Å². The van der Waals surface area contributed by atoms with E-state index in [4.69, 9.17) is 0 Å². The number of fused-ring (bicyclic) bond motifs is 5. The van der Waals surface area contributed by atoms with Gasteiger partial charge in [-0.15, -0.1) is 0 Å². The van der Waals surface area contributed by atoms with Crippen LogP contribution in [0.25, 0.3) is 0 Å². The van der Waals surface area contributed by atoms with E-state index in [2.05, 4.69) is 38.8 Å². The standard InChI is InChI=1S/C22H35NO/c1-5-6-15-13-18-16-7-8-19-22(3,12-10-20(24)23(19)4)17(16)9-11-21(18,2)14-15/h14,16-19H,5-13H2,1-4H3/t16-,17+,18+,19-,21-,22-/m1/s1. The molecule has 24 heavy (non-hydrogen) atoms. The topological polar surface area (TPSA) is 20.3 Å². The lowest BCUT2D eigenvalue weighted by molar-refractivity contribution is -0.156. The van der Waals surface area contributed by atoms with E-state index >= 15 is 0 Å². The van der Waals surface area contributed by atoms with Crippen LogP contribution >= 0.6 is 0 Å². The normalized spacial score (nSPS) is 47.8. The van der Waals surface area contributed by atoms with E-state index < -0.39 is 0 Å². The quantitative estimate of drug-likeness (QED) is 0.639. The minimum absolute atomic E-state index is 0.362. The minimum atomic E-state index is 0.362. The highest BCUT2D eigenvalue weighted by Crippen LogP contribution is 2.64. The van der Waals surface area contributed by atoms with Crippen LogP contribution in [0.3, 0.4) is 0 Å². The van der Waals surface area contributed by atoms with E-state index in [9.17, 15) is 4.79 Å². The number of amides is 1. The molecule has 1 aliphatic heterocycles. The molecule has 3 fully saturated rings. The van der Waals surface area contributed by atoms with Gasteiger partial charge in [0.2, 0.25) is 5.91 Å². The zero-order chi connectivity index (χ0) is 17.1. The van der Waals surface area contributed by atoms with Crippen LogP contribution in [-0.2, 0) is 4.79 Å². The van der Waals surface area contributed by atoms with Crippen LogP contribution in [-0.4, -0.2) is 23.9 Å². The van der Waals surface area contributed by atoms with E-state index in [0.717, 1.165) is 30.6 Å². The monoisotopic (exact) mass is 329 g/mol. The van der Waals surface area contributed by atoms with E-state index in [1.165, 1.54) is 44.9 Å². The summed E-state index contributed by atoms with van der Waals surface area (Å²) < 4.78 is 0.